The molecule has 5 aliphatic rings. The van der Waals surface area contributed by atoms with Crippen LogP contribution < -0.4 is 4.90 Å². The van der Waals surface area contributed by atoms with Crippen LogP contribution in [0.3, 0.4) is 0 Å². The van der Waals surface area contributed by atoms with E-state index < -0.39 is 26.6 Å². The lowest BCUT2D eigenvalue weighted by Gasteiger charge is -2.54. The summed E-state index contributed by atoms with van der Waals surface area (Å²) in [6.07, 6.45) is 7.17. The maximum Gasteiger partial charge on any atom is 0.305 e. The summed E-state index contributed by atoms with van der Waals surface area (Å²) in [5, 5.41) is -0.808. The summed E-state index contributed by atoms with van der Waals surface area (Å²) in [5.41, 5.74) is -0.745. The van der Waals surface area contributed by atoms with Gasteiger partial charge >= 0.3 is 5.97 Å². The van der Waals surface area contributed by atoms with Crippen molar-refractivity contribution in [3.63, 3.8) is 0 Å². The van der Waals surface area contributed by atoms with E-state index in [2.05, 4.69) is 22.4 Å². The van der Waals surface area contributed by atoms with Crippen molar-refractivity contribution < 1.29 is 35.9 Å². The Hall–Kier alpha value is -3.42. The number of esters is 1. The lowest BCUT2D eigenvalue weighted by molar-refractivity contribution is -0.142. The zero-order valence-electron chi connectivity index (χ0n) is 30.5. The first kappa shape index (κ1) is 37.9. The first-order valence-corrected chi connectivity index (χ1v) is 20.6. The number of hydrogen-bond acceptors (Lipinski definition) is 8. The van der Waals surface area contributed by atoms with E-state index in [-0.39, 0.29) is 84.2 Å². The van der Waals surface area contributed by atoms with Gasteiger partial charge in [0.1, 0.15) is 16.9 Å². The molecule has 0 bridgehead atoms. The van der Waals surface area contributed by atoms with Crippen LogP contribution in [-0.4, -0.2) is 118 Å². The fraction of sp³-hybridized carbons (Fsp3) is 0.600. The average molecular weight is 757 g/mol. The minimum absolute atomic E-state index is 0.00331. The van der Waals surface area contributed by atoms with Gasteiger partial charge in [-0.3, -0.25) is 14.5 Å². The number of anilines is 1. The number of rotatable bonds is 13. The fourth-order valence-corrected chi connectivity index (χ4v) is 11.7. The summed E-state index contributed by atoms with van der Waals surface area (Å²) >= 11 is 0. The number of hydrogen-bond donors (Lipinski definition) is 0. The molecule has 0 N–H and O–H groups in total. The molecule has 4 saturated heterocycles. The molecule has 1 saturated carbocycles. The molecule has 2 aromatic carbocycles. The molecule has 0 spiro atoms. The Balaban J connectivity index is 1.02. The van der Waals surface area contributed by atoms with Crippen LogP contribution >= 0.6 is 0 Å². The Morgan fingerprint density at radius 2 is 1.72 bits per heavy atom. The molecule has 288 valence electrons. The Morgan fingerprint density at radius 1 is 0.981 bits per heavy atom. The molecule has 0 radical (unpaired) electrons. The minimum Gasteiger partial charge on any atom is -0.469 e. The molecule has 1 amide bonds. The van der Waals surface area contributed by atoms with Crippen molar-refractivity contribution in [3.8, 4) is 0 Å². The zero-order chi connectivity index (χ0) is 37.5. The number of amides is 1. The lowest BCUT2D eigenvalue weighted by Crippen LogP contribution is -2.65. The van der Waals surface area contributed by atoms with Gasteiger partial charge < -0.3 is 19.4 Å². The molecule has 1 aliphatic carbocycles. The van der Waals surface area contributed by atoms with E-state index in [0.717, 1.165) is 75.9 Å². The number of ether oxygens (including phenoxy) is 1. The topological polar surface area (TPSA) is 90.5 Å². The summed E-state index contributed by atoms with van der Waals surface area (Å²) in [5.74, 6) is -0.985. The van der Waals surface area contributed by atoms with Gasteiger partial charge in [0, 0.05) is 38.0 Å². The normalized spacial score (nSPS) is 25.2. The standard InChI is InChI=1S/C40H51F3N4O5S/c1-3-37(48)46-22-33(23-46)53(50,51)32-11-12-36(35(42)21-32)47-25-39(43,26-47)24-45-17-13-29(14-18-45)40(27-44-15-6-16-44,30-8-5-9-31(41)20-30)34-10-4-7-28(34)19-38(49)52-2/h3,5,8-9,11-12,20-21,28-29,33-34H,1,4,6-7,10,13-19,22-27H2,2H3/t28-,34+,40+/m1/s1. The SMILES string of the molecule is C=CC(=O)N1CC(S(=O)(=O)c2ccc(N3CC(F)(CN4CCC([C@@](CN5CCC5)(c5cccc(F)c5)[C@H]5CCC[C@@H]5CC(=O)OC)CC4)C3)c(F)c2)C1. The Morgan fingerprint density at radius 3 is 2.34 bits per heavy atom. The average Bonchev–Trinajstić information content (AvgIpc) is 3.54. The van der Waals surface area contributed by atoms with Crippen molar-refractivity contribution in [2.45, 2.75) is 66.2 Å². The summed E-state index contributed by atoms with van der Waals surface area (Å²) in [6.45, 7) is 7.86. The number of nitrogens with zero attached hydrogens (tertiary/aromatic N) is 4. The first-order chi connectivity index (χ1) is 25.3. The van der Waals surface area contributed by atoms with E-state index in [1.807, 2.05) is 0 Å². The van der Waals surface area contributed by atoms with Crippen molar-refractivity contribution >= 4 is 27.4 Å². The number of alkyl halides is 1. The van der Waals surface area contributed by atoms with E-state index in [4.69, 9.17) is 4.74 Å². The zero-order valence-corrected chi connectivity index (χ0v) is 31.3. The predicted octanol–water partition coefficient (Wildman–Crippen LogP) is 5.00. The van der Waals surface area contributed by atoms with Crippen molar-refractivity contribution in [2.24, 2.45) is 17.8 Å². The number of methoxy groups -OCH3 is 1. The van der Waals surface area contributed by atoms with E-state index >= 15 is 8.78 Å². The summed E-state index contributed by atoms with van der Waals surface area (Å²) in [4.78, 5) is 31.8. The third-order valence-corrected chi connectivity index (χ3v) is 15.0. The molecule has 53 heavy (non-hydrogen) atoms. The monoisotopic (exact) mass is 756 g/mol. The molecule has 3 atom stereocenters. The van der Waals surface area contributed by atoms with Gasteiger partial charge in [-0.1, -0.05) is 25.1 Å². The summed E-state index contributed by atoms with van der Waals surface area (Å²) in [6, 6.07) is 10.8. The Bertz CT molecular complexity index is 1800. The van der Waals surface area contributed by atoms with Crippen LogP contribution in [0.4, 0.5) is 18.9 Å². The Labute approximate surface area is 311 Å². The molecule has 9 nitrogen and oxygen atoms in total. The van der Waals surface area contributed by atoms with Crippen molar-refractivity contribution in [3.05, 3.63) is 72.3 Å². The van der Waals surface area contributed by atoms with Gasteiger partial charge in [0.15, 0.2) is 15.5 Å². The van der Waals surface area contributed by atoms with Gasteiger partial charge in [-0.25, -0.2) is 21.6 Å². The van der Waals surface area contributed by atoms with E-state index in [0.29, 0.717) is 19.5 Å². The third-order valence-electron chi connectivity index (χ3n) is 12.9. The van der Waals surface area contributed by atoms with E-state index in [1.54, 1.807) is 17.0 Å². The van der Waals surface area contributed by atoms with Gasteiger partial charge in [0.2, 0.25) is 5.91 Å². The molecule has 0 aromatic heterocycles. The summed E-state index contributed by atoms with van der Waals surface area (Å²) < 4.78 is 77.7. The molecule has 0 unspecified atom stereocenters. The maximum atomic E-state index is 16.2. The van der Waals surface area contributed by atoms with Crippen LogP contribution in [0.1, 0.15) is 50.5 Å². The first-order valence-electron chi connectivity index (χ1n) is 19.0. The molecule has 7 rings (SSSR count). The van der Waals surface area contributed by atoms with Crippen molar-refractivity contribution in [1.29, 1.82) is 0 Å². The molecule has 5 fully saturated rings. The maximum absolute atomic E-state index is 16.2. The van der Waals surface area contributed by atoms with Crippen molar-refractivity contribution in [2.75, 3.05) is 77.5 Å². The number of sulfone groups is 1. The van der Waals surface area contributed by atoms with Crippen molar-refractivity contribution in [1.82, 2.24) is 14.7 Å². The number of carbonyl (C=O) groups excluding carboxylic acids is 2. The number of halogens is 3. The lowest BCUT2D eigenvalue weighted by atomic mass is 9.56. The number of likely N-dealkylation sites (tertiary alicyclic amines) is 3. The quantitative estimate of drug-likeness (QED) is 0.209. The number of piperidine rings is 1. The fourth-order valence-electron chi connectivity index (χ4n) is 10.0. The number of benzene rings is 2. The van der Waals surface area contributed by atoms with Crippen LogP contribution in [0.5, 0.6) is 0 Å². The second-order valence-electron chi connectivity index (χ2n) is 16.0. The molecule has 4 aliphatic heterocycles. The van der Waals surface area contributed by atoms with E-state index in [1.165, 1.54) is 30.2 Å². The highest BCUT2D eigenvalue weighted by atomic mass is 32.2. The molecular weight excluding hydrogens is 706 g/mol. The second-order valence-corrected chi connectivity index (χ2v) is 18.3. The third kappa shape index (κ3) is 7.37. The molecular formula is C40H51F3N4O5S. The van der Waals surface area contributed by atoms with Gasteiger partial charge in [-0.2, -0.15) is 0 Å². The van der Waals surface area contributed by atoms with Crippen LogP contribution in [0.25, 0.3) is 0 Å². The van der Waals surface area contributed by atoms with Gasteiger partial charge in [0.05, 0.1) is 30.8 Å². The van der Waals surface area contributed by atoms with E-state index in [9.17, 15) is 22.4 Å². The van der Waals surface area contributed by atoms with Gasteiger partial charge in [0.25, 0.3) is 0 Å². The smallest absolute Gasteiger partial charge is 0.305 e. The predicted molar refractivity (Wildman–Crippen MR) is 196 cm³/mol. The summed E-state index contributed by atoms with van der Waals surface area (Å²) in [7, 11) is -2.41. The highest BCUT2D eigenvalue weighted by Gasteiger charge is 2.54. The van der Waals surface area contributed by atoms with Crippen LogP contribution in [0.15, 0.2) is 60.0 Å². The highest BCUT2D eigenvalue weighted by Crippen LogP contribution is 2.54. The largest absolute Gasteiger partial charge is 0.469 e. The Kier molecular flexibility index (Phi) is 10.7. The second kappa shape index (κ2) is 15.0. The van der Waals surface area contributed by atoms with Crippen LogP contribution in [0.2, 0.25) is 0 Å². The number of carbonyl (C=O) groups is 2. The van der Waals surface area contributed by atoms with Gasteiger partial charge in [-0.05, 0) is 118 Å². The van der Waals surface area contributed by atoms with Crippen LogP contribution in [-0.2, 0) is 29.6 Å². The van der Waals surface area contributed by atoms with Gasteiger partial charge in [-0.15, -0.1) is 0 Å². The molecule has 13 heteroatoms. The minimum atomic E-state index is -3.84. The molecule has 2 aromatic rings. The highest BCUT2D eigenvalue weighted by molar-refractivity contribution is 7.92. The molecule has 4 heterocycles. The van der Waals surface area contributed by atoms with Crippen LogP contribution in [0, 0.1) is 29.4 Å².